The van der Waals surface area contributed by atoms with Crippen LogP contribution >= 0.6 is 0 Å². The summed E-state index contributed by atoms with van der Waals surface area (Å²) in [6.07, 6.45) is 3.10. The van der Waals surface area contributed by atoms with Crippen LogP contribution in [0.3, 0.4) is 0 Å². The topological polar surface area (TPSA) is 75.0 Å². The summed E-state index contributed by atoms with van der Waals surface area (Å²) in [6, 6.07) is 10.2. The predicted octanol–water partition coefficient (Wildman–Crippen LogP) is 2.56. The summed E-state index contributed by atoms with van der Waals surface area (Å²) in [5.41, 5.74) is 1.30. The van der Waals surface area contributed by atoms with E-state index in [1.54, 1.807) is 4.90 Å². The zero-order valence-corrected chi connectivity index (χ0v) is 16.1. The van der Waals surface area contributed by atoms with Gasteiger partial charge in [-0.15, -0.1) is 11.6 Å². The molecule has 2 aliphatic rings. The minimum Gasteiger partial charge on any atom is -0.468 e. The van der Waals surface area contributed by atoms with Gasteiger partial charge in [0.05, 0.1) is 24.7 Å². The molecular weight excluding hydrogens is 356 g/mol. The number of nitrogens with zero attached hydrogens (tertiary/aromatic N) is 5. The summed E-state index contributed by atoms with van der Waals surface area (Å²) in [6.45, 7) is 7.55. The molecule has 2 fully saturated rings. The summed E-state index contributed by atoms with van der Waals surface area (Å²) < 4.78 is 5.29. The second-order valence-electron chi connectivity index (χ2n) is 7.62. The van der Waals surface area contributed by atoms with Crippen LogP contribution in [0.1, 0.15) is 18.4 Å². The molecule has 1 aliphatic heterocycles. The smallest absolute Gasteiger partial charge is 0.374 e. The lowest BCUT2D eigenvalue weighted by Crippen LogP contribution is -2.66. The van der Waals surface area contributed by atoms with Gasteiger partial charge in [-0.25, -0.2) is 4.79 Å². The standard InChI is InChI=1S/C20H22N6O2/c1-21-17-22-10-15(16(23-17)28-4)26-13-19(24-18(26)27)11-20(12-19,25(2)3)14-8-6-5-7-9-14/h5-10H,11-13H2,2-4H3,(H,24,27). The fourth-order valence-electron chi connectivity index (χ4n) is 4.44. The molecule has 2 aromatic rings. The van der Waals surface area contributed by atoms with Crippen molar-refractivity contribution in [2.45, 2.75) is 23.9 Å². The third-order valence-electron chi connectivity index (χ3n) is 5.81. The fourth-order valence-corrected chi connectivity index (χ4v) is 4.44. The number of benzene rings is 1. The number of carbonyl (C=O) groups excluding carboxylic acids is 1. The van der Waals surface area contributed by atoms with Gasteiger partial charge in [-0.2, -0.15) is 4.98 Å². The number of ether oxygens (including phenoxy) is 1. The van der Waals surface area contributed by atoms with E-state index < -0.39 is 0 Å². The van der Waals surface area contributed by atoms with Crippen molar-refractivity contribution in [2.75, 3.05) is 32.6 Å². The van der Waals surface area contributed by atoms with Gasteiger partial charge in [0.15, 0.2) is 5.69 Å². The average molecular weight is 378 g/mol. The second-order valence-corrected chi connectivity index (χ2v) is 7.62. The number of rotatable bonds is 4. The van der Waals surface area contributed by atoms with Crippen LogP contribution in [-0.2, 0) is 5.54 Å². The van der Waals surface area contributed by atoms with Crippen LogP contribution in [0.15, 0.2) is 36.5 Å². The third kappa shape index (κ3) is 2.67. The fraction of sp³-hybridized carbons (Fsp3) is 0.400. The number of nitrogens with one attached hydrogen (secondary N) is 1. The first-order chi connectivity index (χ1) is 13.4. The van der Waals surface area contributed by atoms with Crippen molar-refractivity contribution in [3.63, 3.8) is 0 Å². The van der Waals surface area contributed by atoms with Crippen molar-refractivity contribution in [1.29, 1.82) is 0 Å². The molecule has 1 saturated carbocycles. The Hall–Kier alpha value is -3.18. The van der Waals surface area contributed by atoms with Crippen molar-refractivity contribution in [1.82, 2.24) is 20.2 Å². The molecule has 1 aromatic carbocycles. The maximum Gasteiger partial charge on any atom is 0.374 e. The van der Waals surface area contributed by atoms with Crippen LogP contribution in [0, 0.1) is 6.57 Å². The zero-order chi connectivity index (χ0) is 19.9. The van der Waals surface area contributed by atoms with Gasteiger partial charge in [0, 0.05) is 0 Å². The monoisotopic (exact) mass is 378 g/mol. The number of anilines is 1. The Morgan fingerprint density at radius 1 is 1.29 bits per heavy atom. The Morgan fingerprint density at radius 2 is 2.00 bits per heavy atom. The van der Waals surface area contributed by atoms with Crippen molar-refractivity contribution < 1.29 is 9.53 Å². The molecule has 2 amide bonds. The van der Waals surface area contributed by atoms with Gasteiger partial charge in [-0.1, -0.05) is 30.3 Å². The lowest BCUT2D eigenvalue weighted by Gasteiger charge is -2.57. The molecule has 1 aromatic heterocycles. The highest BCUT2D eigenvalue weighted by Gasteiger charge is 2.61. The molecule has 1 spiro atoms. The molecule has 1 saturated heterocycles. The molecule has 28 heavy (non-hydrogen) atoms. The van der Waals surface area contributed by atoms with Crippen LogP contribution in [0.4, 0.5) is 16.4 Å². The Morgan fingerprint density at radius 3 is 2.61 bits per heavy atom. The van der Waals surface area contributed by atoms with E-state index in [2.05, 4.69) is 51.3 Å². The summed E-state index contributed by atoms with van der Waals surface area (Å²) in [4.78, 5) is 27.9. The number of aromatic nitrogens is 2. The molecule has 8 nitrogen and oxygen atoms in total. The van der Waals surface area contributed by atoms with Crippen LogP contribution < -0.4 is 15.0 Å². The highest BCUT2D eigenvalue weighted by Crippen LogP contribution is 2.53. The quantitative estimate of drug-likeness (QED) is 0.828. The molecule has 2 heterocycles. The number of methoxy groups -OCH3 is 1. The molecule has 144 valence electrons. The third-order valence-corrected chi connectivity index (χ3v) is 5.81. The van der Waals surface area contributed by atoms with E-state index in [0.29, 0.717) is 12.2 Å². The lowest BCUT2D eigenvalue weighted by molar-refractivity contribution is -0.0169. The van der Waals surface area contributed by atoms with Crippen LogP contribution in [0.2, 0.25) is 0 Å². The summed E-state index contributed by atoms with van der Waals surface area (Å²) in [5, 5.41) is 3.16. The summed E-state index contributed by atoms with van der Waals surface area (Å²) in [5.74, 6) is 0.226. The number of urea groups is 1. The first kappa shape index (κ1) is 18.2. The summed E-state index contributed by atoms with van der Waals surface area (Å²) in [7, 11) is 5.63. The number of hydrogen-bond acceptors (Lipinski definition) is 5. The van der Waals surface area contributed by atoms with Crippen molar-refractivity contribution in [3.8, 4) is 5.88 Å². The van der Waals surface area contributed by atoms with E-state index >= 15 is 0 Å². The van der Waals surface area contributed by atoms with E-state index in [-0.39, 0.29) is 28.9 Å². The number of hydrogen-bond donors (Lipinski definition) is 1. The highest BCUT2D eigenvalue weighted by atomic mass is 16.5. The zero-order valence-electron chi connectivity index (χ0n) is 16.1. The second kappa shape index (κ2) is 6.46. The predicted molar refractivity (Wildman–Crippen MR) is 104 cm³/mol. The van der Waals surface area contributed by atoms with Gasteiger partial charge in [0.25, 0.3) is 0 Å². The Balaban J connectivity index is 1.61. The van der Waals surface area contributed by atoms with E-state index in [1.807, 2.05) is 18.2 Å². The van der Waals surface area contributed by atoms with Gasteiger partial charge < -0.3 is 14.9 Å². The van der Waals surface area contributed by atoms with Gasteiger partial charge in [0.1, 0.15) is 6.20 Å². The molecule has 1 N–H and O–H groups in total. The SMILES string of the molecule is [C-]#[N+]c1ncc(N2CC3(CC(c4ccccc4)(N(C)C)C3)NC2=O)c(OC)n1. The van der Waals surface area contributed by atoms with Gasteiger partial charge in [0.2, 0.25) is 0 Å². The van der Waals surface area contributed by atoms with E-state index in [1.165, 1.54) is 18.9 Å². The van der Waals surface area contributed by atoms with Crippen LogP contribution in [0.25, 0.3) is 4.85 Å². The summed E-state index contributed by atoms with van der Waals surface area (Å²) >= 11 is 0. The van der Waals surface area contributed by atoms with E-state index in [0.717, 1.165) is 12.8 Å². The van der Waals surface area contributed by atoms with Crippen molar-refractivity contribution in [3.05, 3.63) is 53.5 Å². The van der Waals surface area contributed by atoms with Gasteiger partial charge in [-0.05, 0) is 32.5 Å². The van der Waals surface area contributed by atoms with Crippen LogP contribution in [0.5, 0.6) is 5.88 Å². The largest absolute Gasteiger partial charge is 0.468 e. The molecule has 0 bridgehead atoms. The molecule has 0 radical (unpaired) electrons. The minimum atomic E-state index is -0.319. The first-order valence-corrected chi connectivity index (χ1v) is 9.04. The first-order valence-electron chi connectivity index (χ1n) is 9.04. The Bertz CT molecular complexity index is 947. The Kier molecular flexibility index (Phi) is 4.20. The number of carbonyl (C=O) groups is 1. The Labute approximate surface area is 164 Å². The van der Waals surface area contributed by atoms with E-state index in [4.69, 9.17) is 11.3 Å². The van der Waals surface area contributed by atoms with Crippen molar-refractivity contribution in [2.24, 2.45) is 0 Å². The molecule has 0 atom stereocenters. The highest BCUT2D eigenvalue weighted by molar-refractivity contribution is 5.96. The van der Waals surface area contributed by atoms with Crippen LogP contribution in [-0.4, -0.2) is 54.2 Å². The van der Waals surface area contributed by atoms with E-state index in [9.17, 15) is 4.79 Å². The normalized spacial score (nSPS) is 26.1. The molecule has 8 heteroatoms. The lowest BCUT2D eigenvalue weighted by atomic mass is 9.59. The molecule has 0 unspecified atom stereocenters. The van der Waals surface area contributed by atoms with Gasteiger partial charge in [-0.3, -0.25) is 9.80 Å². The minimum absolute atomic E-state index is 0.00531. The molecular formula is C20H22N6O2. The maximum absolute atomic E-state index is 12.8. The molecule has 1 aliphatic carbocycles. The van der Waals surface area contributed by atoms with Gasteiger partial charge >= 0.3 is 17.9 Å². The average Bonchev–Trinajstić information content (AvgIpc) is 3.03. The number of amides is 2. The molecule has 4 rings (SSSR count). The maximum atomic E-state index is 12.8. The van der Waals surface area contributed by atoms with Crippen molar-refractivity contribution >= 4 is 17.7 Å².